The van der Waals surface area contributed by atoms with Crippen molar-refractivity contribution in [2.24, 2.45) is 0 Å². The Kier molecular flexibility index (Phi) is 7.30. The number of carbonyl (C=O) groups excluding carboxylic acids is 1. The third-order valence-corrected chi connectivity index (χ3v) is 8.00. The first kappa shape index (κ1) is 24.1. The molecule has 2 aromatic carbocycles. The molecule has 2 fully saturated rings. The van der Waals surface area contributed by atoms with Gasteiger partial charge >= 0.3 is 5.97 Å². The average Bonchev–Trinajstić information content (AvgIpc) is 2.86. The van der Waals surface area contributed by atoms with Crippen molar-refractivity contribution in [1.29, 1.82) is 0 Å². The molecule has 35 heavy (non-hydrogen) atoms. The van der Waals surface area contributed by atoms with Gasteiger partial charge in [-0.25, -0.2) is 0 Å². The molecule has 0 amide bonds. The van der Waals surface area contributed by atoms with Gasteiger partial charge in [-0.2, -0.15) is 0 Å². The van der Waals surface area contributed by atoms with Crippen molar-refractivity contribution in [3.8, 4) is 22.6 Å². The summed E-state index contributed by atoms with van der Waals surface area (Å²) in [6.07, 6.45) is 8.97. The first-order valence-electron chi connectivity index (χ1n) is 13.0. The summed E-state index contributed by atoms with van der Waals surface area (Å²) in [6.45, 7) is 2.16. The minimum Gasteiger partial charge on any atom is -0.507 e. The Bertz CT molecular complexity index is 1050. The van der Waals surface area contributed by atoms with E-state index in [9.17, 15) is 9.90 Å². The first-order chi connectivity index (χ1) is 17.0. The summed E-state index contributed by atoms with van der Waals surface area (Å²) in [7, 11) is 1.66. The van der Waals surface area contributed by atoms with Crippen LogP contribution >= 0.6 is 0 Å². The molecule has 6 nitrogen and oxygen atoms in total. The van der Waals surface area contributed by atoms with E-state index in [0.717, 1.165) is 67.4 Å². The third-order valence-electron chi connectivity index (χ3n) is 8.00. The number of aryl methyl sites for hydroxylation is 2. The van der Waals surface area contributed by atoms with Gasteiger partial charge in [0.2, 0.25) is 0 Å². The van der Waals surface area contributed by atoms with Crippen LogP contribution in [0.15, 0.2) is 36.4 Å². The largest absolute Gasteiger partial charge is 0.507 e. The van der Waals surface area contributed by atoms with Crippen LogP contribution in [-0.2, 0) is 27.1 Å². The molecule has 0 radical (unpaired) electrons. The summed E-state index contributed by atoms with van der Waals surface area (Å²) in [6, 6.07) is 12.9. The van der Waals surface area contributed by atoms with Gasteiger partial charge in [0.05, 0.1) is 19.9 Å². The molecule has 2 saturated heterocycles. The molecule has 8 bridgehead atoms. The molecule has 6 rings (SSSR count). The van der Waals surface area contributed by atoms with Crippen molar-refractivity contribution in [2.45, 2.75) is 89.0 Å². The van der Waals surface area contributed by atoms with Crippen LogP contribution in [0.4, 0.5) is 0 Å². The topological polar surface area (TPSA) is 68.2 Å². The Morgan fingerprint density at radius 1 is 0.971 bits per heavy atom. The van der Waals surface area contributed by atoms with Crippen LogP contribution in [-0.4, -0.2) is 54.1 Å². The second kappa shape index (κ2) is 10.6. The number of ether oxygens (including phenoxy) is 3. The third kappa shape index (κ3) is 5.49. The fraction of sp³-hybridized carbons (Fsp3) is 0.552. The van der Waals surface area contributed by atoms with Crippen molar-refractivity contribution in [3.63, 3.8) is 0 Å². The maximum atomic E-state index is 11.9. The number of piperidine rings is 1. The Labute approximate surface area is 208 Å². The van der Waals surface area contributed by atoms with Gasteiger partial charge in [-0.3, -0.25) is 9.69 Å². The number of aromatic hydroxyl groups is 1. The van der Waals surface area contributed by atoms with E-state index in [2.05, 4.69) is 23.1 Å². The number of carbonyl (C=O) groups is 1. The number of benzene rings is 2. The number of methoxy groups -OCH3 is 1. The number of phenolic OH excluding ortho intramolecular Hbond substituents is 1. The van der Waals surface area contributed by atoms with Gasteiger partial charge in [0.1, 0.15) is 17.6 Å². The summed E-state index contributed by atoms with van der Waals surface area (Å²) in [4.78, 5) is 14.5. The maximum Gasteiger partial charge on any atom is 0.302 e. The number of rotatable bonds is 2. The molecular weight excluding hydrogens is 442 g/mol. The average molecular weight is 480 g/mol. The molecule has 2 aromatic rings. The molecule has 0 saturated carbocycles. The predicted molar refractivity (Wildman–Crippen MR) is 135 cm³/mol. The summed E-state index contributed by atoms with van der Waals surface area (Å²) < 4.78 is 17.8. The lowest BCUT2D eigenvalue weighted by atomic mass is 9.87. The molecule has 4 aliphatic heterocycles. The fourth-order valence-electron chi connectivity index (χ4n) is 6.19. The Morgan fingerprint density at radius 2 is 1.69 bits per heavy atom. The zero-order valence-corrected chi connectivity index (χ0v) is 20.9. The molecule has 4 aliphatic rings. The molecule has 0 aliphatic carbocycles. The predicted octanol–water partition coefficient (Wildman–Crippen LogP) is 5.24. The van der Waals surface area contributed by atoms with Gasteiger partial charge in [0.15, 0.2) is 0 Å². The van der Waals surface area contributed by atoms with E-state index in [-0.39, 0.29) is 23.9 Å². The highest BCUT2D eigenvalue weighted by Crippen LogP contribution is 2.39. The highest BCUT2D eigenvalue weighted by atomic mass is 16.5. The second-order valence-electron chi connectivity index (χ2n) is 10.3. The number of hydrogen-bond donors (Lipinski definition) is 1. The first-order valence-corrected chi connectivity index (χ1v) is 13.0. The molecule has 1 unspecified atom stereocenters. The van der Waals surface area contributed by atoms with Crippen LogP contribution in [0.2, 0.25) is 0 Å². The van der Waals surface area contributed by atoms with Gasteiger partial charge in [0.25, 0.3) is 0 Å². The van der Waals surface area contributed by atoms with Gasteiger partial charge < -0.3 is 19.3 Å². The van der Waals surface area contributed by atoms with Crippen LogP contribution in [0, 0.1) is 0 Å². The second-order valence-corrected chi connectivity index (χ2v) is 10.3. The van der Waals surface area contributed by atoms with Crippen molar-refractivity contribution in [1.82, 2.24) is 4.90 Å². The van der Waals surface area contributed by atoms with Crippen molar-refractivity contribution >= 4 is 5.97 Å². The molecule has 188 valence electrons. The summed E-state index contributed by atoms with van der Waals surface area (Å²) in [5.74, 6) is 0.762. The normalized spacial score (nSPS) is 28.7. The maximum absolute atomic E-state index is 11.9. The molecule has 1 N–H and O–H groups in total. The van der Waals surface area contributed by atoms with Gasteiger partial charge in [-0.15, -0.1) is 0 Å². The lowest BCUT2D eigenvalue weighted by molar-refractivity contribution is -0.152. The summed E-state index contributed by atoms with van der Waals surface area (Å²) in [5, 5.41) is 10.7. The number of fused-ring (bicyclic) bond motifs is 5. The van der Waals surface area contributed by atoms with Crippen LogP contribution < -0.4 is 4.74 Å². The monoisotopic (exact) mass is 479 g/mol. The van der Waals surface area contributed by atoms with E-state index in [1.54, 1.807) is 13.2 Å². The SMILES string of the molecule is COc1ccc2cc1-c1cc(ccc1O)CC[C@H]1C[C@H]3CCC[C@H](C[C@@H](OC(C)=O)CC2)N3CO1. The smallest absolute Gasteiger partial charge is 0.302 e. The molecular formula is C29H37NO5. The van der Waals surface area contributed by atoms with Crippen LogP contribution in [0.1, 0.15) is 63.0 Å². The molecule has 6 heteroatoms. The van der Waals surface area contributed by atoms with Crippen molar-refractivity contribution in [3.05, 3.63) is 47.5 Å². The standard InChI is InChI=1S/C29H37NO5/c1-19(31)35-25-11-7-21-9-13-29(33-2)27(15-21)26-14-20(8-12-28(26)32)6-10-24-16-22-4-3-5-23(17-25)30(22)18-34-24/h8-9,12-15,22-25,32H,3-7,10-11,16-18H2,1-2H3/t22-,23-,24+,25+/m1/s1. The molecule has 4 heterocycles. The quantitative estimate of drug-likeness (QED) is 0.595. The van der Waals surface area contributed by atoms with E-state index in [1.807, 2.05) is 12.1 Å². The zero-order chi connectivity index (χ0) is 24.4. The van der Waals surface area contributed by atoms with Crippen molar-refractivity contribution < 1.29 is 24.1 Å². The highest BCUT2D eigenvalue weighted by Gasteiger charge is 2.37. The lowest BCUT2D eigenvalue weighted by Gasteiger charge is -2.47. The van der Waals surface area contributed by atoms with Crippen LogP contribution in [0.3, 0.4) is 0 Å². The van der Waals surface area contributed by atoms with E-state index in [4.69, 9.17) is 14.2 Å². The van der Waals surface area contributed by atoms with E-state index in [1.165, 1.54) is 25.3 Å². The Morgan fingerprint density at radius 3 is 2.46 bits per heavy atom. The summed E-state index contributed by atoms with van der Waals surface area (Å²) >= 11 is 0. The lowest BCUT2D eigenvalue weighted by Crippen LogP contribution is -2.54. The minimum atomic E-state index is -0.222. The molecule has 0 spiro atoms. The fourth-order valence-corrected chi connectivity index (χ4v) is 6.19. The van der Waals surface area contributed by atoms with Crippen LogP contribution in [0.5, 0.6) is 11.5 Å². The number of esters is 1. The minimum absolute atomic E-state index is 0.132. The van der Waals surface area contributed by atoms with Crippen LogP contribution in [0.25, 0.3) is 11.1 Å². The summed E-state index contributed by atoms with van der Waals surface area (Å²) in [5.41, 5.74) is 4.00. The van der Waals surface area contributed by atoms with Gasteiger partial charge in [-0.1, -0.05) is 18.6 Å². The highest BCUT2D eigenvalue weighted by molar-refractivity contribution is 5.76. The van der Waals surface area contributed by atoms with Crippen molar-refractivity contribution in [2.75, 3.05) is 13.8 Å². The van der Waals surface area contributed by atoms with E-state index in [0.29, 0.717) is 18.8 Å². The molecule has 0 aromatic heterocycles. The van der Waals surface area contributed by atoms with Gasteiger partial charge in [-0.05, 0) is 80.3 Å². The molecule has 5 atom stereocenters. The number of phenols is 1. The Balaban J connectivity index is 1.51. The van der Waals surface area contributed by atoms with E-state index < -0.39 is 0 Å². The zero-order valence-electron chi connectivity index (χ0n) is 20.9. The van der Waals surface area contributed by atoms with E-state index >= 15 is 0 Å². The number of nitrogens with zero attached hydrogens (tertiary/aromatic N) is 1. The van der Waals surface area contributed by atoms with Gasteiger partial charge in [0, 0.05) is 36.6 Å². The Hall–Kier alpha value is -2.57. The number of hydrogen-bond acceptors (Lipinski definition) is 6.